The molecule has 2 aromatic rings. The summed E-state index contributed by atoms with van der Waals surface area (Å²) in [6.45, 7) is 2.30. The molecule has 1 heterocycles. The van der Waals surface area contributed by atoms with Crippen LogP contribution in [-0.2, 0) is 6.54 Å². The van der Waals surface area contributed by atoms with E-state index in [0.717, 1.165) is 17.0 Å². The molecule has 4 heteroatoms. The van der Waals surface area contributed by atoms with Crippen LogP contribution in [0, 0.1) is 11.3 Å². The zero-order valence-electron chi connectivity index (χ0n) is 11.0. The van der Waals surface area contributed by atoms with Crippen LogP contribution >= 0.6 is 0 Å². The normalized spacial score (nSPS) is 11.9. The second-order valence-electron chi connectivity index (χ2n) is 4.50. The first-order valence-corrected chi connectivity index (χ1v) is 6.07. The van der Waals surface area contributed by atoms with Crippen LogP contribution in [0.3, 0.4) is 0 Å². The molecule has 0 aliphatic rings. The molecule has 0 amide bonds. The van der Waals surface area contributed by atoms with Crippen LogP contribution in [0.25, 0.3) is 0 Å². The maximum Gasteiger partial charge on any atom is 0.123 e. The Hall–Kier alpha value is -2.25. The predicted molar refractivity (Wildman–Crippen MR) is 72.6 cm³/mol. The minimum Gasteiger partial charge on any atom is -0.467 e. The van der Waals surface area contributed by atoms with Gasteiger partial charge in [0.25, 0.3) is 0 Å². The number of hydrogen-bond donors (Lipinski definition) is 1. The van der Waals surface area contributed by atoms with E-state index in [2.05, 4.69) is 6.07 Å². The van der Waals surface area contributed by atoms with Crippen LogP contribution in [0.1, 0.15) is 29.9 Å². The van der Waals surface area contributed by atoms with Crippen molar-refractivity contribution < 1.29 is 9.52 Å². The van der Waals surface area contributed by atoms with Gasteiger partial charge < -0.3 is 14.4 Å². The Bertz CT molecular complexity index is 583. The van der Waals surface area contributed by atoms with E-state index in [-0.39, 0.29) is 0 Å². The van der Waals surface area contributed by atoms with Crippen molar-refractivity contribution in [2.24, 2.45) is 0 Å². The molecule has 0 saturated carbocycles. The average Bonchev–Trinajstić information content (AvgIpc) is 2.90. The van der Waals surface area contributed by atoms with Crippen molar-refractivity contribution in [2.45, 2.75) is 19.6 Å². The Labute approximate surface area is 112 Å². The number of aliphatic hydroxyl groups is 1. The second kappa shape index (κ2) is 5.59. The third-order valence-corrected chi connectivity index (χ3v) is 2.99. The molecule has 4 nitrogen and oxygen atoms in total. The lowest BCUT2D eigenvalue weighted by atomic mass is 10.0. The fourth-order valence-corrected chi connectivity index (χ4v) is 2.02. The SMILES string of the molecule is C[C@H](O)c1ccc(C#N)cc1N(C)Cc1ccco1. The van der Waals surface area contributed by atoms with Crippen LogP contribution < -0.4 is 4.90 Å². The highest BCUT2D eigenvalue weighted by Crippen LogP contribution is 2.28. The molecule has 1 N–H and O–H groups in total. The van der Waals surface area contributed by atoms with E-state index in [9.17, 15) is 5.11 Å². The molecular formula is C15H16N2O2. The molecule has 0 spiro atoms. The molecule has 98 valence electrons. The summed E-state index contributed by atoms with van der Waals surface area (Å²) in [4.78, 5) is 1.96. The fourth-order valence-electron chi connectivity index (χ4n) is 2.02. The van der Waals surface area contributed by atoms with Gasteiger partial charge >= 0.3 is 0 Å². The van der Waals surface area contributed by atoms with Gasteiger partial charge in [-0.25, -0.2) is 0 Å². The first-order valence-electron chi connectivity index (χ1n) is 6.07. The van der Waals surface area contributed by atoms with Crippen LogP contribution in [0.15, 0.2) is 41.0 Å². The summed E-state index contributed by atoms with van der Waals surface area (Å²) in [6, 6.07) is 11.1. The van der Waals surface area contributed by atoms with Crippen molar-refractivity contribution in [1.82, 2.24) is 0 Å². The topological polar surface area (TPSA) is 60.4 Å². The van der Waals surface area contributed by atoms with E-state index in [4.69, 9.17) is 9.68 Å². The van der Waals surface area contributed by atoms with Gasteiger partial charge in [0.05, 0.1) is 30.5 Å². The van der Waals surface area contributed by atoms with Gasteiger partial charge in [-0.2, -0.15) is 5.26 Å². The molecule has 1 atom stereocenters. The van der Waals surface area contributed by atoms with Crippen LogP contribution in [0.2, 0.25) is 0 Å². The van der Waals surface area contributed by atoms with Crippen molar-refractivity contribution in [3.63, 3.8) is 0 Å². The van der Waals surface area contributed by atoms with E-state index in [0.29, 0.717) is 12.1 Å². The lowest BCUT2D eigenvalue weighted by molar-refractivity contribution is 0.199. The molecular weight excluding hydrogens is 240 g/mol. The van der Waals surface area contributed by atoms with Gasteiger partial charge in [0.2, 0.25) is 0 Å². The van der Waals surface area contributed by atoms with Gasteiger partial charge in [-0.05, 0) is 31.2 Å². The number of furan rings is 1. The van der Waals surface area contributed by atoms with Crippen molar-refractivity contribution in [2.75, 3.05) is 11.9 Å². The highest BCUT2D eigenvalue weighted by atomic mass is 16.3. The third-order valence-electron chi connectivity index (χ3n) is 2.99. The zero-order valence-corrected chi connectivity index (χ0v) is 11.0. The summed E-state index contributed by atoms with van der Waals surface area (Å²) in [6.07, 6.45) is 1.05. The van der Waals surface area contributed by atoms with E-state index in [1.54, 1.807) is 31.4 Å². The number of rotatable bonds is 4. The summed E-state index contributed by atoms with van der Waals surface area (Å²) in [5, 5.41) is 18.8. The fraction of sp³-hybridized carbons (Fsp3) is 0.267. The molecule has 1 aromatic carbocycles. The summed E-state index contributed by atoms with van der Waals surface area (Å²) in [5.74, 6) is 0.835. The minimum absolute atomic E-state index is 0.575. The van der Waals surface area contributed by atoms with E-state index >= 15 is 0 Å². The number of anilines is 1. The Morgan fingerprint density at radius 1 is 1.42 bits per heavy atom. The maximum absolute atomic E-state index is 9.81. The van der Waals surface area contributed by atoms with Gasteiger partial charge in [-0.1, -0.05) is 6.07 Å². The van der Waals surface area contributed by atoms with E-state index < -0.39 is 6.10 Å². The summed E-state index contributed by atoms with van der Waals surface area (Å²) >= 11 is 0. The Morgan fingerprint density at radius 2 is 2.21 bits per heavy atom. The summed E-state index contributed by atoms with van der Waals surface area (Å²) < 4.78 is 5.31. The van der Waals surface area contributed by atoms with Gasteiger partial charge in [0.1, 0.15) is 5.76 Å². The van der Waals surface area contributed by atoms with Gasteiger partial charge in [0, 0.05) is 18.3 Å². The first kappa shape index (κ1) is 13.2. The number of benzene rings is 1. The molecule has 0 bridgehead atoms. The van der Waals surface area contributed by atoms with Crippen molar-refractivity contribution >= 4 is 5.69 Å². The molecule has 0 fully saturated rings. The van der Waals surface area contributed by atoms with E-state index in [1.165, 1.54) is 0 Å². The molecule has 1 aromatic heterocycles. The lowest BCUT2D eigenvalue weighted by Crippen LogP contribution is -2.18. The largest absolute Gasteiger partial charge is 0.467 e. The molecule has 19 heavy (non-hydrogen) atoms. The van der Waals surface area contributed by atoms with Gasteiger partial charge in [-0.3, -0.25) is 0 Å². The van der Waals surface area contributed by atoms with Crippen LogP contribution in [-0.4, -0.2) is 12.2 Å². The van der Waals surface area contributed by atoms with Crippen molar-refractivity contribution in [1.29, 1.82) is 5.26 Å². The maximum atomic E-state index is 9.81. The number of nitriles is 1. The third kappa shape index (κ3) is 2.95. The summed E-state index contributed by atoms with van der Waals surface area (Å²) in [7, 11) is 1.91. The predicted octanol–water partition coefficient (Wildman–Crippen LogP) is 2.84. The average molecular weight is 256 g/mol. The van der Waals surface area contributed by atoms with Crippen molar-refractivity contribution in [3.8, 4) is 6.07 Å². The van der Waals surface area contributed by atoms with Crippen LogP contribution in [0.4, 0.5) is 5.69 Å². The van der Waals surface area contributed by atoms with Gasteiger partial charge in [-0.15, -0.1) is 0 Å². The lowest BCUT2D eigenvalue weighted by Gasteiger charge is -2.23. The number of aliphatic hydroxyl groups excluding tert-OH is 1. The minimum atomic E-state index is -0.582. The molecule has 0 aliphatic carbocycles. The van der Waals surface area contributed by atoms with Crippen LogP contribution in [0.5, 0.6) is 0 Å². The Balaban J connectivity index is 2.33. The second-order valence-corrected chi connectivity index (χ2v) is 4.50. The highest BCUT2D eigenvalue weighted by molar-refractivity contribution is 5.58. The van der Waals surface area contributed by atoms with Crippen molar-refractivity contribution in [3.05, 3.63) is 53.5 Å². The smallest absolute Gasteiger partial charge is 0.123 e. The van der Waals surface area contributed by atoms with E-state index in [1.807, 2.05) is 24.1 Å². The summed E-state index contributed by atoms with van der Waals surface area (Å²) in [5.41, 5.74) is 2.21. The molecule has 0 unspecified atom stereocenters. The zero-order chi connectivity index (χ0) is 13.8. The number of nitrogens with zero attached hydrogens (tertiary/aromatic N) is 2. The quantitative estimate of drug-likeness (QED) is 0.913. The molecule has 2 rings (SSSR count). The highest BCUT2D eigenvalue weighted by Gasteiger charge is 2.13. The standard InChI is InChI=1S/C15H16N2O2/c1-11(18)14-6-5-12(9-16)8-15(14)17(2)10-13-4-3-7-19-13/h3-8,11,18H,10H2,1-2H3/t11-/m0/s1. The Kier molecular flexibility index (Phi) is 3.88. The van der Waals surface area contributed by atoms with Gasteiger partial charge in [0.15, 0.2) is 0 Å². The molecule has 0 aliphatic heterocycles. The number of hydrogen-bond acceptors (Lipinski definition) is 4. The monoisotopic (exact) mass is 256 g/mol. The first-order chi connectivity index (χ1) is 9.11. The Morgan fingerprint density at radius 3 is 2.79 bits per heavy atom. The molecule has 0 saturated heterocycles. The molecule has 0 radical (unpaired) electrons.